The molecular formula is C56H60FN3O10. The lowest BCUT2D eigenvalue weighted by atomic mass is 9.55. The third kappa shape index (κ3) is 11.1. The number of benzene rings is 5. The molecule has 1 saturated carbocycles. The van der Waals surface area contributed by atoms with Crippen LogP contribution in [0.4, 0.5) is 14.9 Å². The van der Waals surface area contributed by atoms with E-state index in [1.54, 1.807) is 18.2 Å². The standard InChI is InChI=1S/C56H60FN3O10/c1-4-30-66-56-52(59(35-39-17-19-42(57)20-18-39)55(63)69-44-24-21-43(22-25-44)60(64)65)34-50(58-67-36-40-12-6-5-7-13-40)48-32-41(14-8-10-28-61)47(15-9-11-29-62)53(54(48)56)49-33-46(26-27-51(49)70-56)68-45-23-16-37(2)38(3)31-45/h4-7,12-13,16-27,31-33,41,47,52-54,61-62H,1,8-11,14-15,28-30,34-36H2,2-3H3. The summed E-state index contributed by atoms with van der Waals surface area (Å²) in [5.74, 6) is -1.31. The van der Waals surface area contributed by atoms with Gasteiger partial charge in [0, 0.05) is 49.8 Å². The highest BCUT2D eigenvalue weighted by Crippen LogP contribution is 2.62. The van der Waals surface area contributed by atoms with Gasteiger partial charge in [0.05, 0.1) is 23.2 Å². The van der Waals surface area contributed by atoms with Gasteiger partial charge in [-0.05, 0) is 134 Å². The first kappa shape index (κ1) is 49.5. The van der Waals surface area contributed by atoms with Crippen LogP contribution in [0.25, 0.3) is 0 Å². The number of aliphatic hydroxyl groups is 2. The Morgan fingerprint density at radius 1 is 0.886 bits per heavy atom. The number of nitro groups is 1. The number of rotatable bonds is 21. The van der Waals surface area contributed by atoms with Gasteiger partial charge in [0.2, 0.25) is 5.79 Å². The van der Waals surface area contributed by atoms with Gasteiger partial charge in [0.15, 0.2) is 0 Å². The molecule has 2 N–H and O–H groups in total. The van der Waals surface area contributed by atoms with E-state index in [2.05, 4.69) is 19.6 Å². The lowest BCUT2D eigenvalue weighted by molar-refractivity contribution is -0.384. The van der Waals surface area contributed by atoms with E-state index in [9.17, 15) is 24.7 Å². The summed E-state index contributed by atoms with van der Waals surface area (Å²) in [6, 6.07) is 31.5. The van der Waals surface area contributed by atoms with E-state index in [1.165, 1.54) is 41.3 Å². The molecule has 5 aromatic rings. The van der Waals surface area contributed by atoms with Gasteiger partial charge in [0.1, 0.15) is 41.5 Å². The van der Waals surface area contributed by atoms with E-state index in [0.29, 0.717) is 41.4 Å². The number of fused-ring (bicyclic) bond motifs is 2. The minimum absolute atomic E-state index is 0.0180. The smallest absolute Gasteiger partial charge is 0.416 e. The fraction of sp³-hybridized carbons (Fsp3) is 0.357. The van der Waals surface area contributed by atoms with Crippen molar-refractivity contribution in [1.82, 2.24) is 4.90 Å². The molecule has 14 heteroatoms. The number of aliphatic hydroxyl groups excluding tert-OH is 2. The summed E-state index contributed by atoms with van der Waals surface area (Å²) in [6.45, 7) is 8.30. The predicted molar refractivity (Wildman–Crippen MR) is 263 cm³/mol. The molecule has 366 valence electrons. The number of nitro benzene ring substituents is 1. The number of hydrogen-bond acceptors (Lipinski definition) is 11. The fourth-order valence-electron chi connectivity index (χ4n) is 10.3. The maximum Gasteiger partial charge on any atom is 0.416 e. The van der Waals surface area contributed by atoms with Crippen LogP contribution in [0.2, 0.25) is 0 Å². The third-order valence-corrected chi connectivity index (χ3v) is 13.7. The zero-order valence-electron chi connectivity index (χ0n) is 39.6. The Labute approximate surface area is 407 Å². The molecule has 0 radical (unpaired) electrons. The predicted octanol–water partition coefficient (Wildman–Crippen LogP) is 11.7. The molecule has 13 nitrogen and oxygen atoms in total. The minimum atomic E-state index is -1.65. The minimum Gasteiger partial charge on any atom is -0.459 e. The third-order valence-electron chi connectivity index (χ3n) is 13.7. The Kier molecular flexibility index (Phi) is 16.1. The summed E-state index contributed by atoms with van der Waals surface area (Å²) in [7, 11) is 0. The number of nitrogens with zero attached hydrogens (tertiary/aromatic N) is 3. The van der Waals surface area contributed by atoms with Crippen molar-refractivity contribution < 1.29 is 48.1 Å². The van der Waals surface area contributed by atoms with E-state index in [-0.39, 0.29) is 68.6 Å². The van der Waals surface area contributed by atoms with Crippen molar-refractivity contribution in [2.45, 2.75) is 89.7 Å². The number of non-ortho nitro benzene ring substituents is 1. The van der Waals surface area contributed by atoms with Gasteiger partial charge in [-0.3, -0.25) is 15.0 Å². The van der Waals surface area contributed by atoms with Crippen molar-refractivity contribution in [2.75, 3.05) is 19.8 Å². The lowest BCUT2D eigenvalue weighted by Crippen LogP contribution is -2.70. The number of ether oxygens (including phenoxy) is 4. The molecule has 8 rings (SSSR count). The number of hydrogen-bond donors (Lipinski definition) is 2. The first-order valence-electron chi connectivity index (χ1n) is 24.0. The second-order valence-corrected chi connectivity index (χ2v) is 18.3. The number of carbonyl (C=O) groups is 1. The highest BCUT2D eigenvalue weighted by Gasteiger charge is 2.66. The topological polar surface area (TPSA) is 162 Å². The summed E-state index contributed by atoms with van der Waals surface area (Å²) < 4.78 is 41.7. The van der Waals surface area contributed by atoms with Gasteiger partial charge in [-0.15, -0.1) is 6.58 Å². The van der Waals surface area contributed by atoms with Crippen LogP contribution in [-0.4, -0.2) is 63.5 Å². The summed E-state index contributed by atoms with van der Waals surface area (Å²) in [4.78, 5) is 33.9. The van der Waals surface area contributed by atoms with Crippen molar-refractivity contribution in [2.24, 2.45) is 22.9 Å². The molecule has 1 aliphatic heterocycles. The van der Waals surface area contributed by atoms with Crippen molar-refractivity contribution in [3.63, 3.8) is 0 Å². The second kappa shape index (κ2) is 22.7. The molecule has 0 spiro atoms. The van der Waals surface area contributed by atoms with Crippen LogP contribution < -0.4 is 14.2 Å². The highest BCUT2D eigenvalue weighted by molar-refractivity contribution is 6.03. The molecule has 6 unspecified atom stereocenters. The van der Waals surface area contributed by atoms with Crippen LogP contribution in [0.3, 0.4) is 0 Å². The number of amides is 1. The number of aryl methyl sites for hydroxylation is 2. The number of carbonyl (C=O) groups excluding carboxylic acids is 1. The Bertz CT molecular complexity index is 2680. The first-order chi connectivity index (χ1) is 34.0. The van der Waals surface area contributed by atoms with E-state index >= 15 is 4.79 Å². The zero-order valence-corrected chi connectivity index (χ0v) is 39.6. The number of unbranched alkanes of at least 4 members (excludes halogenated alkanes) is 2. The van der Waals surface area contributed by atoms with Crippen LogP contribution in [0.5, 0.6) is 23.0 Å². The number of allylic oxidation sites excluding steroid dienone is 1. The van der Waals surface area contributed by atoms with E-state index < -0.39 is 34.6 Å². The van der Waals surface area contributed by atoms with Crippen LogP contribution in [0.15, 0.2) is 145 Å². The first-order valence-corrected chi connectivity index (χ1v) is 24.0. The van der Waals surface area contributed by atoms with Gasteiger partial charge >= 0.3 is 6.09 Å². The monoisotopic (exact) mass is 953 g/mol. The molecule has 2 aliphatic carbocycles. The molecule has 3 aliphatic rings. The Balaban J connectivity index is 1.34. The quantitative estimate of drug-likeness (QED) is 0.0313. The Morgan fingerprint density at radius 3 is 2.29 bits per heavy atom. The average Bonchev–Trinajstić information content (AvgIpc) is 3.36. The number of oxime groups is 1. The van der Waals surface area contributed by atoms with Gasteiger partial charge in [-0.2, -0.15) is 0 Å². The van der Waals surface area contributed by atoms with Crippen LogP contribution in [0, 0.1) is 47.5 Å². The fourth-order valence-corrected chi connectivity index (χ4v) is 10.3. The zero-order chi connectivity index (χ0) is 49.2. The van der Waals surface area contributed by atoms with Gasteiger partial charge in [-0.1, -0.05) is 78.7 Å². The van der Waals surface area contributed by atoms with E-state index in [1.807, 2.05) is 73.7 Å². The lowest BCUT2D eigenvalue weighted by Gasteiger charge is -2.59. The van der Waals surface area contributed by atoms with Crippen molar-refractivity contribution >= 4 is 17.5 Å². The number of halogens is 1. The molecule has 0 aromatic heterocycles. The molecule has 1 amide bonds. The largest absolute Gasteiger partial charge is 0.459 e. The van der Waals surface area contributed by atoms with Crippen LogP contribution >= 0.6 is 0 Å². The SMILES string of the molecule is C=CCOC12Oc3ccc(Oc4ccc(C)c(C)c4)cc3C3C(CCCCO)C(CCCCO)C=C(C(=NOCc4ccccc4)CC1N(Cc1ccc(F)cc1)C(=O)Oc1ccc([N+](=O)[O-])cc1)C32. The Hall–Kier alpha value is -6.87. The molecular weight excluding hydrogens is 894 g/mol. The van der Waals surface area contributed by atoms with E-state index in [0.717, 1.165) is 53.5 Å². The normalized spacial score (nSPS) is 21.6. The summed E-state index contributed by atoms with van der Waals surface area (Å²) in [5, 5.41) is 36.6. The molecule has 1 heterocycles. The summed E-state index contributed by atoms with van der Waals surface area (Å²) in [5.41, 5.74) is 5.82. The summed E-state index contributed by atoms with van der Waals surface area (Å²) >= 11 is 0. The van der Waals surface area contributed by atoms with Crippen molar-refractivity contribution in [3.8, 4) is 23.0 Å². The van der Waals surface area contributed by atoms with Gasteiger partial charge in [0.25, 0.3) is 5.69 Å². The Morgan fingerprint density at radius 2 is 1.59 bits per heavy atom. The highest BCUT2D eigenvalue weighted by atomic mass is 19.1. The molecule has 6 atom stereocenters. The van der Waals surface area contributed by atoms with Crippen LogP contribution in [-0.2, 0) is 22.7 Å². The van der Waals surface area contributed by atoms with Crippen molar-refractivity contribution in [3.05, 3.63) is 183 Å². The molecule has 0 bridgehead atoms. The van der Waals surface area contributed by atoms with Crippen molar-refractivity contribution in [1.29, 1.82) is 0 Å². The summed E-state index contributed by atoms with van der Waals surface area (Å²) in [6.07, 6.45) is 7.31. The second-order valence-electron chi connectivity index (χ2n) is 18.3. The maximum atomic E-state index is 15.1. The maximum absolute atomic E-state index is 15.1. The molecule has 0 saturated heterocycles. The van der Waals surface area contributed by atoms with E-state index in [4.69, 9.17) is 28.9 Å². The average molecular weight is 954 g/mol. The van der Waals surface area contributed by atoms with Gasteiger partial charge < -0.3 is 34.0 Å². The van der Waals surface area contributed by atoms with Gasteiger partial charge in [-0.25, -0.2) is 9.18 Å². The molecule has 1 fully saturated rings. The van der Waals surface area contributed by atoms with Crippen LogP contribution in [0.1, 0.15) is 78.7 Å². The molecule has 70 heavy (non-hydrogen) atoms. The molecule has 5 aromatic carbocycles.